The summed E-state index contributed by atoms with van der Waals surface area (Å²) in [5.74, 6) is -1.16. The zero-order valence-corrected chi connectivity index (χ0v) is 18.6. The molecule has 6 heteroatoms. The van der Waals surface area contributed by atoms with Gasteiger partial charge >= 0.3 is 0 Å². The number of thiophene rings is 1. The van der Waals surface area contributed by atoms with Crippen LogP contribution in [-0.4, -0.2) is 23.9 Å². The molecule has 2 aromatic carbocycles. The Morgan fingerprint density at radius 3 is 2.29 bits per heavy atom. The van der Waals surface area contributed by atoms with Gasteiger partial charge in [-0.1, -0.05) is 29.3 Å². The van der Waals surface area contributed by atoms with Crippen molar-refractivity contribution >= 4 is 34.5 Å². The van der Waals surface area contributed by atoms with Gasteiger partial charge in [0.2, 0.25) is 0 Å². The van der Waals surface area contributed by atoms with Crippen LogP contribution < -0.4 is 9.64 Å². The number of nitrogens with zero attached hydrogens (tertiary/aromatic N) is 1. The zero-order valence-electron chi connectivity index (χ0n) is 17.8. The monoisotopic (exact) mass is 433 g/mol. The van der Waals surface area contributed by atoms with E-state index in [0.717, 1.165) is 21.6 Å². The van der Waals surface area contributed by atoms with Crippen molar-refractivity contribution in [3.8, 4) is 5.75 Å². The largest absolute Gasteiger partial charge is 0.507 e. The Kier molecular flexibility index (Phi) is 5.41. The smallest absolute Gasteiger partial charge is 0.300 e. The lowest BCUT2D eigenvalue weighted by atomic mass is 9.97. The third-order valence-electron chi connectivity index (χ3n) is 5.52. The van der Waals surface area contributed by atoms with Crippen LogP contribution in [0.1, 0.15) is 33.2 Å². The van der Waals surface area contributed by atoms with Gasteiger partial charge in [0.1, 0.15) is 17.6 Å². The van der Waals surface area contributed by atoms with Crippen LogP contribution in [0.3, 0.4) is 0 Å². The minimum absolute atomic E-state index is 0.0695. The van der Waals surface area contributed by atoms with E-state index in [2.05, 4.69) is 0 Å². The van der Waals surface area contributed by atoms with Gasteiger partial charge in [-0.25, -0.2) is 0 Å². The first-order valence-corrected chi connectivity index (χ1v) is 10.8. The van der Waals surface area contributed by atoms with Crippen molar-refractivity contribution in [2.45, 2.75) is 26.8 Å². The molecule has 0 aliphatic carbocycles. The van der Waals surface area contributed by atoms with Crippen LogP contribution in [0.15, 0.2) is 59.5 Å². The molecule has 158 valence electrons. The molecule has 5 nitrogen and oxygen atoms in total. The van der Waals surface area contributed by atoms with Crippen molar-refractivity contribution in [3.05, 3.63) is 86.6 Å². The quantitative estimate of drug-likeness (QED) is 0.344. The predicted molar refractivity (Wildman–Crippen MR) is 123 cm³/mol. The maximum Gasteiger partial charge on any atom is 0.300 e. The lowest BCUT2D eigenvalue weighted by Gasteiger charge is -2.25. The molecule has 0 radical (unpaired) electrons. The molecule has 1 amide bonds. The van der Waals surface area contributed by atoms with E-state index in [0.29, 0.717) is 17.0 Å². The number of carbonyl (C=O) groups is 2. The van der Waals surface area contributed by atoms with E-state index in [1.54, 1.807) is 12.1 Å². The number of ether oxygens (including phenoxy) is 1. The minimum atomic E-state index is -0.715. The second kappa shape index (κ2) is 8.04. The molecule has 1 unspecified atom stereocenters. The molecule has 1 aromatic heterocycles. The van der Waals surface area contributed by atoms with Crippen LogP contribution in [0.25, 0.3) is 5.76 Å². The highest BCUT2D eigenvalue weighted by Gasteiger charge is 2.48. The van der Waals surface area contributed by atoms with Gasteiger partial charge in [0, 0.05) is 10.6 Å². The van der Waals surface area contributed by atoms with E-state index in [1.807, 2.05) is 62.5 Å². The molecule has 1 atom stereocenters. The van der Waals surface area contributed by atoms with Crippen LogP contribution in [0.5, 0.6) is 5.75 Å². The fourth-order valence-corrected chi connectivity index (χ4v) is 4.89. The van der Waals surface area contributed by atoms with Crippen LogP contribution in [0.2, 0.25) is 0 Å². The molecule has 0 bridgehead atoms. The summed E-state index contributed by atoms with van der Waals surface area (Å²) in [7, 11) is 1.51. The highest BCUT2D eigenvalue weighted by molar-refractivity contribution is 7.10. The third-order valence-corrected chi connectivity index (χ3v) is 6.59. The highest BCUT2D eigenvalue weighted by atomic mass is 32.1. The molecule has 4 rings (SSSR count). The number of hydrogen-bond acceptors (Lipinski definition) is 5. The summed E-state index contributed by atoms with van der Waals surface area (Å²) in [5.41, 5.74) is 3.98. The Balaban J connectivity index is 1.98. The van der Waals surface area contributed by atoms with E-state index in [1.165, 1.54) is 23.3 Å². The lowest BCUT2D eigenvalue weighted by Crippen LogP contribution is -2.29. The molecule has 1 saturated heterocycles. The fourth-order valence-electron chi connectivity index (χ4n) is 3.87. The van der Waals surface area contributed by atoms with Gasteiger partial charge in [0.15, 0.2) is 0 Å². The molecular weight excluding hydrogens is 410 g/mol. The minimum Gasteiger partial charge on any atom is -0.507 e. The molecule has 1 fully saturated rings. The van der Waals surface area contributed by atoms with Crippen molar-refractivity contribution < 1.29 is 19.4 Å². The SMILES string of the molecule is COc1ccc(C)cc1/C(O)=C1\C(=O)C(=O)N(c2ccc(C)cc2)C1c1sccc1C. The Bertz CT molecular complexity index is 1210. The molecule has 0 saturated carbocycles. The van der Waals surface area contributed by atoms with Crippen LogP contribution in [0, 0.1) is 20.8 Å². The fraction of sp³-hybridized carbons (Fsp3) is 0.200. The number of aryl methyl sites for hydroxylation is 3. The average molecular weight is 434 g/mol. The van der Waals surface area contributed by atoms with E-state index < -0.39 is 17.7 Å². The van der Waals surface area contributed by atoms with Gasteiger partial charge in [0.25, 0.3) is 11.7 Å². The number of anilines is 1. The maximum atomic E-state index is 13.2. The first-order valence-electron chi connectivity index (χ1n) is 9.90. The summed E-state index contributed by atoms with van der Waals surface area (Å²) < 4.78 is 5.42. The first kappa shape index (κ1) is 20.9. The molecular formula is C25H23NO4S. The molecule has 1 N–H and O–H groups in total. The molecule has 3 aromatic rings. The maximum absolute atomic E-state index is 13.2. The van der Waals surface area contributed by atoms with Gasteiger partial charge in [-0.3, -0.25) is 14.5 Å². The zero-order chi connectivity index (χ0) is 22.3. The number of Topliss-reactive ketones (excluding diaryl/α,β-unsaturated/α-hetero) is 1. The summed E-state index contributed by atoms with van der Waals surface area (Å²) in [4.78, 5) is 28.7. The number of methoxy groups -OCH3 is 1. The summed E-state index contributed by atoms with van der Waals surface area (Å²) in [6, 6.07) is 14.0. The van der Waals surface area contributed by atoms with Gasteiger partial charge in [-0.05, 0) is 62.0 Å². The van der Waals surface area contributed by atoms with E-state index >= 15 is 0 Å². The van der Waals surface area contributed by atoms with Crippen molar-refractivity contribution in [2.24, 2.45) is 0 Å². The van der Waals surface area contributed by atoms with Gasteiger partial charge < -0.3 is 9.84 Å². The van der Waals surface area contributed by atoms with Crippen molar-refractivity contribution in [1.29, 1.82) is 0 Å². The number of aliphatic hydroxyl groups excluding tert-OH is 1. The molecule has 31 heavy (non-hydrogen) atoms. The molecule has 0 spiro atoms. The molecule has 1 aliphatic heterocycles. The normalized spacial score (nSPS) is 17.9. The Hall–Kier alpha value is -3.38. The van der Waals surface area contributed by atoms with Gasteiger partial charge in [-0.2, -0.15) is 0 Å². The van der Waals surface area contributed by atoms with Crippen molar-refractivity contribution in [3.63, 3.8) is 0 Å². The number of amides is 1. The van der Waals surface area contributed by atoms with E-state index in [9.17, 15) is 14.7 Å². The average Bonchev–Trinajstić information content (AvgIpc) is 3.29. The van der Waals surface area contributed by atoms with E-state index in [-0.39, 0.29) is 11.3 Å². The number of benzene rings is 2. The summed E-state index contributed by atoms with van der Waals surface area (Å²) in [6.45, 7) is 5.79. The van der Waals surface area contributed by atoms with Crippen molar-refractivity contribution in [2.75, 3.05) is 12.0 Å². The Morgan fingerprint density at radius 1 is 1.00 bits per heavy atom. The van der Waals surface area contributed by atoms with Crippen LogP contribution in [-0.2, 0) is 9.59 Å². The second-order valence-corrected chi connectivity index (χ2v) is 8.62. The van der Waals surface area contributed by atoms with E-state index in [4.69, 9.17) is 4.74 Å². The highest BCUT2D eigenvalue weighted by Crippen LogP contribution is 2.45. The van der Waals surface area contributed by atoms with Crippen LogP contribution in [0.4, 0.5) is 5.69 Å². The van der Waals surface area contributed by atoms with Crippen molar-refractivity contribution in [1.82, 2.24) is 0 Å². The summed E-state index contributed by atoms with van der Waals surface area (Å²) in [6.07, 6.45) is 0. The number of rotatable bonds is 4. The number of hydrogen-bond donors (Lipinski definition) is 1. The Labute approximate surface area is 185 Å². The van der Waals surface area contributed by atoms with Gasteiger partial charge in [0.05, 0.1) is 18.2 Å². The number of carbonyl (C=O) groups excluding carboxylic acids is 2. The lowest BCUT2D eigenvalue weighted by molar-refractivity contribution is -0.132. The predicted octanol–water partition coefficient (Wildman–Crippen LogP) is 5.31. The molecule has 1 aliphatic rings. The molecule has 2 heterocycles. The number of aliphatic hydroxyl groups is 1. The Morgan fingerprint density at radius 2 is 1.68 bits per heavy atom. The number of ketones is 1. The second-order valence-electron chi connectivity index (χ2n) is 7.68. The summed E-state index contributed by atoms with van der Waals surface area (Å²) in [5, 5.41) is 13.2. The standard InChI is InChI=1S/C25H23NO4S/c1-14-5-8-17(9-6-14)26-21(24-16(3)11-12-31-24)20(23(28)25(26)29)22(27)18-13-15(2)7-10-19(18)30-4/h5-13,21,27H,1-4H3/b22-20+. The van der Waals surface area contributed by atoms with Gasteiger partial charge in [-0.15, -0.1) is 11.3 Å². The summed E-state index contributed by atoms with van der Waals surface area (Å²) >= 11 is 1.46. The third kappa shape index (κ3) is 3.53. The first-order chi connectivity index (χ1) is 14.8. The topological polar surface area (TPSA) is 66.8 Å². The van der Waals surface area contributed by atoms with Crippen LogP contribution >= 0.6 is 11.3 Å².